The van der Waals surface area contributed by atoms with E-state index in [9.17, 15) is 4.79 Å². The molecule has 0 aliphatic carbocycles. The molecule has 1 aliphatic heterocycles. The standard InChI is InChI=1S/C9H18N2O2/c1-9(2,3)13-8(12)11-6-4-5-10-7-11/h10H,4-7H2,1-3H3/i4D2,5D2,6D2,7D2. The van der Waals surface area contributed by atoms with Gasteiger partial charge >= 0.3 is 6.09 Å². The van der Waals surface area contributed by atoms with E-state index in [4.69, 9.17) is 15.7 Å². The Morgan fingerprint density at radius 2 is 2.31 bits per heavy atom. The van der Waals surface area contributed by atoms with E-state index >= 15 is 0 Å². The molecule has 0 bridgehead atoms. The van der Waals surface area contributed by atoms with Crippen LogP contribution in [0, 0.1) is 0 Å². The largest absolute Gasteiger partial charge is 0.444 e. The van der Waals surface area contributed by atoms with Crippen LogP contribution in [0.25, 0.3) is 0 Å². The molecule has 0 aromatic carbocycles. The molecule has 0 aromatic heterocycles. The lowest BCUT2D eigenvalue weighted by atomic mass is 10.2. The van der Waals surface area contributed by atoms with Gasteiger partial charge < -0.3 is 4.74 Å². The van der Waals surface area contributed by atoms with E-state index in [1.165, 1.54) is 20.8 Å². The predicted molar refractivity (Wildman–Crippen MR) is 50.4 cm³/mol. The first-order valence-electron chi connectivity index (χ1n) is 7.78. The van der Waals surface area contributed by atoms with Crippen LogP contribution in [0.3, 0.4) is 0 Å². The highest BCUT2D eigenvalue weighted by atomic mass is 16.6. The summed E-state index contributed by atoms with van der Waals surface area (Å²) in [6.45, 7) is -4.81. The summed E-state index contributed by atoms with van der Waals surface area (Å²) in [5.74, 6) is 0. The maximum absolute atomic E-state index is 12.0. The van der Waals surface area contributed by atoms with Crippen molar-refractivity contribution in [3.8, 4) is 0 Å². The number of hydrogen-bond acceptors (Lipinski definition) is 3. The first-order chi connectivity index (χ1) is 8.96. The molecular weight excluding hydrogens is 168 g/mol. The fourth-order valence-corrected chi connectivity index (χ4v) is 0.626. The first-order valence-corrected chi connectivity index (χ1v) is 3.78. The average Bonchev–Trinajstić information content (AvgIpc) is 2.08. The Kier molecular flexibility index (Phi) is 1.15. The average molecular weight is 194 g/mol. The minimum atomic E-state index is -3.27. The van der Waals surface area contributed by atoms with Gasteiger partial charge in [-0.15, -0.1) is 0 Å². The second-order valence-electron chi connectivity index (χ2n) is 3.41. The van der Waals surface area contributed by atoms with Crippen molar-refractivity contribution in [2.24, 2.45) is 0 Å². The maximum Gasteiger partial charge on any atom is 0.411 e. The molecule has 1 heterocycles. The predicted octanol–water partition coefficient (Wildman–Crippen LogP) is 1.17. The summed E-state index contributed by atoms with van der Waals surface area (Å²) in [5.41, 5.74) is -1.05. The summed E-state index contributed by atoms with van der Waals surface area (Å²) in [7, 11) is 0. The van der Waals surface area contributed by atoms with Gasteiger partial charge in [-0.1, -0.05) is 0 Å². The van der Waals surface area contributed by atoms with Gasteiger partial charge in [0, 0.05) is 14.7 Å². The second-order valence-corrected chi connectivity index (χ2v) is 3.41. The summed E-state index contributed by atoms with van der Waals surface area (Å²) in [6, 6.07) is 0. The molecule has 1 rings (SSSR count). The number of nitrogens with one attached hydrogen (secondary N) is 1. The summed E-state index contributed by atoms with van der Waals surface area (Å²) in [6.07, 6.45) is -4.63. The van der Waals surface area contributed by atoms with Crippen molar-refractivity contribution in [3.05, 3.63) is 0 Å². The lowest BCUT2D eigenvalue weighted by Gasteiger charge is -2.30. The van der Waals surface area contributed by atoms with Crippen LogP contribution in [0.4, 0.5) is 4.79 Å². The van der Waals surface area contributed by atoms with Gasteiger partial charge in [-0.25, -0.2) is 4.79 Å². The van der Waals surface area contributed by atoms with Gasteiger partial charge in [-0.2, -0.15) is 0 Å². The number of nitrogens with zero attached hydrogens (tertiary/aromatic N) is 1. The molecule has 1 saturated heterocycles. The highest BCUT2D eigenvalue weighted by molar-refractivity contribution is 5.68. The van der Waals surface area contributed by atoms with E-state index < -0.39 is 37.7 Å². The summed E-state index contributed by atoms with van der Waals surface area (Å²) in [5, 5.41) is 1.67. The third-order valence-corrected chi connectivity index (χ3v) is 1.04. The number of carbonyl (C=O) groups excluding carboxylic acids is 1. The topological polar surface area (TPSA) is 41.6 Å². The third kappa shape index (κ3) is 3.63. The van der Waals surface area contributed by atoms with Crippen LogP contribution in [-0.4, -0.2) is 36.2 Å². The lowest BCUT2D eigenvalue weighted by molar-refractivity contribution is 0.0202. The van der Waals surface area contributed by atoms with Gasteiger partial charge in [-0.3, -0.25) is 10.2 Å². The van der Waals surface area contributed by atoms with Crippen LogP contribution in [0.1, 0.15) is 38.1 Å². The molecule has 13 heavy (non-hydrogen) atoms. The quantitative estimate of drug-likeness (QED) is 0.629. The maximum atomic E-state index is 12.0. The Morgan fingerprint density at radius 1 is 1.62 bits per heavy atom. The Morgan fingerprint density at radius 3 is 2.92 bits per heavy atom. The van der Waals surface area contributed by atoms with Gasteiger partial charge in [0.25, 0.3) is 0 Å². The third-order valence-electron chi connectivity index (χ3n) is 1.04. The van der Waals surface area contributed by atoms with Crippen molar-refractivity contribution < 1.29 is 20.5 Å². The normalized spacial score (nSPS) is 43.2. The fraction of sp³-hybridized carbons (Fsp3) is 0.889. The molecule has 0 radical (unpaired) electrons. The summed E-state index contributed by atoms with van der Waals surface area (Å²) >= 11 is 0. The molecule has 1 fully saturated rings. The van der Waals surface area contributed by atoms with Crippen molar-refractivity contribution in [1.29, 1.82) is 0 Å². The molecule has 0 atom stereocenters. The SMILES string of the molecule is [2H]C1([2H])NC([2H])([2H])C([2H])([2H])C([2H])([2H])N1C(=O)OC(C)(C)C. The number of ether oxygens (including phenoxy) is 1. The molecule has 0 saturated carbocycles. The first kappa shape index (κ1) is 3.77. The smallest absolute Gasteiger partial charge is 0.411 e. The van der Waals surface area contributed by atoms with E-state index in [1.54, 1.807) is 5.32 Å². The molecule has 0 spiro atoms. The van der Waals surface area contributed by atoms with Crippen LogP contribution >= 0.6 is 0 Å². The molecular formula is C9H18N2O2. The van der Waals surface area contributed by atoms with E-state index in [1.807, 2.05) is 0 Å². The zero-order valence-corrected chi connectivity index (χ0v) is 7.76. The number of amides is 1. The Bertz CT molecular complexity index is 446. The van der Waals surface area contributed by atoms with Gasteiger partial charge in [0.2, 0.25) is 0 Å². The fourth-order valence-electron chi connectivity index (χ4n) is 0.626. The summed E-state index contributed by atoms with van der Waals surface area (Å²) in [4.78, 5) is 11.9. The molecule has 0 aromatic rings. The molecule has 4 heteroatoms. The van der Waals surface area contributed by atoms with Gasteiger partial charge in [0.05, 0.1) is 9.36 Å². The zero-order valence-electron chi connectivity index (χ0n) is 15.8. The van der Waals surface area contributed by atoms with Gasteiger partial charge in [0.15, 0.2) is 0 Å². The monoisotopic (exact) mass is 194 g/mol. The van der Waals surface area contributed by atoms with Crippen molar-refractivity contribution >= 4 is 6.09 Å². The van der Waals surface area contributed by atoms with Gasteiger partial charge in [0.1, 0.15) is 5.60 Å². The van der Waals surface area contributed by atoms with Crippen LogP contribution in [-0.2, 0) is 4.74 Å². The van der Waals surface area contributed by atoms with Crippen molar-refractivity contribution in [2.45, 2.75) is 32.7 Å². The van der Waals surface area contributed by atoms with Crippen molar-refractivity contribution in [2.75, 3.05) is 19.6 Å². The van der Waals surface area contributed by atoms with Crippen LogP contribution in [0.15, 0.2) is 0 Å². The molecule has 1 N–H and O–H groups in total. The molecule has 1 amide bonds. The molecule has 4 nitrogen and oxygen atoms in total. The molecule has 0 unspecified atom stereocenters. The van der Waals surface area contributed by atoms with Crippen molar-refractivity contribution in [1.82, 2.24) is 10.2 Å². The van der Waals surface area contributed by atoms with Crippen LogP contribution in [0.5, 0.6) is 0 Å². The van der Waals surface area contributed by atoms with E-state index in [2.05, 4.69) is 0 Å². The van der Waals surface area contributed by atoms with E-state index in [-0.39, 0.29) is 4.90 Å². The highest BCUT2D eigenvalue weighted by Crippen LogP contribution is 2.10. The minimum Gasteiger partial charge on any atom is -0.444 e. The molecule has 76 valence electrons. The van der Waals surface area contributed by atoms with Crippen LogP contribution in [0.2, 0.25) is 0 Å². The Balaban J connectivity index is 3.33. The van der Waals surface area contributed by atoms with Gasteiger partial charge in [-0.05, 0) is 33.6 Å². The van der Waals surface area contributed by atoms with Crippen molar-refractivity contribution in [3.63, 3.8) is 0 Å². The Labute approximate surface area is 90.5 Å². The number of rotatable bonds is 0. The number of carbonyl (C=O) groups is 1. The Hall–Kier alpha value is -0.770. The summed E-state index contributed by atoms with van der Waals surface area (Å²) < 4.78 is 65.8. The van der Waals surface area contributed by atoms with E-state index in [0.29, 0.717) is 0 Å². The molecule has 1 aliphatic rings. The van der Waals surface area contributed by atoms with E-state index in [0.717, 1.165) is 0 Å². The lowest BCUT2D eigenvalue weighted by Crippen LogP contribution is -2.46. The minimum absolute atomic E-state index is 0.0907. The zero-order chi connectivity index (χ0) is 17.1. The van der Waals surface area contributed by atoms with Crippen LogP contribution < -0.4 is 5.32 Å². The second kappa shape index (κ2) is 3.96. The number of hydrogen-bond donors (Lipinski definition) is 1. The highest BCUT2D eigenvalue weighted by Gasteiger charge is 2.22.